The molecule has 0 saturated carbocycles. The molecular formula is C21H24Cl2N2O4S. The average molecular weight is 471 g/mol. The molecule has 0 saturated heterocycles. The molecule has 0 unspecified atom stereocenters. The number of ether oxygens (including phenoxy) is 1. The molecule has 0 spiro atoms. The predicted octanol–water partition coefficient (Wildman–Crippen LogP) is 4.02. The highest BCUT2D eigenvalue weighted by Gasteiger charge is 2.26. The summed E-state index contributed by atoms with van der Waals surface area (Å²) in [5.74, 6) is -0.121. The van der Waals surface area contributed by atoms with Gasteiger partial charge < -0.3 is 10.1 Å². The summed E-state index contributed by atoms with van der Waals surface area (Å²) in [6.45, 7) is 4.17. The largest absolute Gasteiger partial charge is 0.495 e. The van der Waals surface area contributed by atoms with E-state index in [1.54, 1.807) is 24.3 Å². The van der Waals surface area contributed by atoms with Gasteiger partial charge in [0, 0.05) is 28.1 Å². The van der Waals surface area contributed by atoms with Crippen molar-refractivity contribution in [3.63, 3.8) is 0 Å². The van der Waals surface area contributed by atoms with Crippen LogP contribution in [-0.2, 0) is 20.2 Å². The minimum absolute atomic E-state index is 0.00967. The lowest BCUT2D eigenvalue weighted by Crippen LogP contribution is -2.36. The van der Waals surface area contributed by atoms with Crippen LogP contribution in [0.25, 0.3) is 6.08 Å². The molecule has 0 fully saturated rings. The molecule has 0 radical (unpaired) electrons. The summed E-state index contributed by atoms with van der Waals surface area (Å²) >= 11 is 12.6. The summed E-state index contributed by atoms with van der Waals surface area (Å²) in [6, 6.07) is 9.90. The third kappa shape index (κ3) is 5.76. The number of benzene rings is 2. The monoisotopic (exact) mass is 470 g/mol. The van der Waals surface area contributed by atoms with Crippen LogP contribution < -0.4 is 14.8 Å². The van der Waals surface area contributed by atoms with Crippen molar-refractivity contribution in [2.45, 2.75) is 24.2 Å². The van der Waals surface area contributed by atoms with Crippen LogP contribution in [0.3, 0.4) is 0 Å². The number of hydrogen-bond acceptors (Lipinski definition) is 4. The second-order valence-electron chi connectivity index (χ2n) is 7.15. The molecule has 2 rings (SSSR count). The van der Waals surface area contributed by atoms with E-state index in [1.807, 2.05) is 13.8 Å². The van der Waals surface area contributed by atoms with E-state index in [2.05, 4.69) is 10.0 Å². The van der Waals surface area contributed by atoms with Crippen molar-refractivity contribution < 1.29 is 17.9 Å². The second-order valence-corrected chi connectivity index (χ2v) is 9.82. The van der Waals surface area contributed by atoms with Crippen molar-refractivity contribution in [2.75, 3.05) is 20.7 Å². The molecule has 162 valence electrons. The Labute approximate surface area is 187 Å². The maximum atomic E-state index is 12.3. The quantitative estimate of drug-likeness (QED) is 0.570. The normalized spacial score (nSPS) is 12.2. The molecule has 0 heterocycles. The highest BCUT2D eigenvalue weighted by molar-refractivity contribution is 7.89. The first-order valence-corrected chi connectivity index (χ1v) is 11.3. The van der Waals surface area contributed by atoms with Gasteiger partial charge in [-0.25, -0.2) is 13.1 Å². The van der Waals surface area contributed by atoms with Crippen LogP contribution in [0, 0.1) is 0 Å². The van der Waals surface area contributed by atoms with Gasteiger partial charge in [-0.1, -0.05) is 49.2 Å². The number of sulfonamides is 1. The molecule has 30 heavy (non-hydrogen) atoms. The molecule has 0 aliphatic rings. The Balaban J connectivity index is 2.14. The van der Waals surface area contributed by atoms with Gasteiger partial charge in [0.25, 0.3) is 0 Å². The number of nitrogens with one attached hydrogen (secondary N) is 2. The first-order valence-electron chi connectivity index (χ1n) is 9.04. The minimum Gasteiger partial charge on any atom is -0.495 e. The third-order valence-corrected chi connectivity index (χ3v) is 6.58. The summed E-state index contributed by atoms with van der Waals surface area (Å²) in [5.41, 5.74) is 0.801. The van der Waals surface area contributed by atoms with E-state index in [1.165, 1.54) is 38.4 Å². The minimum atomic E-state index is -3.70. The van der Waals surface area contributed by atoms with Crippen molar-refractivity contribution in [1.29, 1.82) is 0 Å². The van der Waals surface area contributed by atoms with Crippen LogP contribution >= 0.6 is 23.2 Å². The van der Waals surface area contributed by atoms with Crippen LogP contribution in [0.5, 0.6) is 5.75 Å². The highest BCUT2D eigenvalue weighted by Crippen LogP contribution is 2.35. The van der Waals surface area contributed by atoms with Crippen LogP contribution in [0.1, 0.15) is 25.0 Å². The van der Waals surface area contributed by atoms with Gasteiger partial charge in [-0.15, -0.1) is 0 Å². The van der Waals surface area contributed by atoms with Gasteiger partial charge in [-0.2, -0.15) is 0 Å². The number of methoxy groups -OCH3 is 1. The van der Waals surface area contributed by atoms with Crippen LogP contribution in [-0.4, -0.2) is 35.0 Å². The SMILES string of the molecule is CNS(=O)(=O)c1cc(/C=C/C(=O)NCC(C)(C)c2c(Cl)cccc2Cl)ccc1OC. The van der Waals surface area contributed by atoms with Crippen LogP contribution in [0.2, 0.25) is 10.0 Å². The summed E-state index contributed by atoms with van der Waals surface area (Å²) in [4.78, 5) is 12.3. The fourth-order valence-corrected chi connectivity index (χ4v) is 4.73. The van der Waals surface area contributed by atoms with Crippen molar-refractivity contribution >= 4 is 45.2 Å². The maximum Gasteiger partial charge on any atom is 0.244 e. The number of carbonyl (C=O) groups is 1. The van der Waals surface area contributed by atoms with Crippen molar-refractivity contribution in [3.05, 3.63) is 63.6 Å². The van der Waals surface area contributed by atoms with E-state index in [0.29, 0.717) is 22.2 Å². The first-order chi connectivity index (χ1) is 14.0. The lowest BCUT2D eigenvalue weighted by atomic mass is 9.84. The fourth-order valence-electron chi connectivity index (χ4n) is 2.89. The van der Waals surface area contributed by atoms with Gasteiger partial charge in [-0.3, -0.25) is 4.79 Å². The molecule has 9 heteroatoms. The van der Waals surface area contributed by atoms with Gasteiger partial charge in [0.1, 0.15) is 10.6 Å². The Kier molecular flexibility index (Phi) is 7.93. The van der Waals surface area contributed by atoms with E-state index in [9.17, 15) is 13.2 Å². The summed E-state index contributed by atoms with van der Waals surface area (Å²) in [7, 11) is -0.999. The topological polar surface area (TPSA) is 84.5 Å². The van der Waals surface area contributed by atoms with Crippen molar-refractivity contribution in [2.24, 2.45) is 0 Å². The lowest BCUT2D eigenvalue weighted by Gasteiger charge is -2.27. The number of rotatable bonds is 8. The summed E-state index contributed by atoms with van der Waals surface area (Å²) < 4.78 is 31.7. The van der Waals surface area contributed by atoms with Gasteiger partial charge >= 0.3 is 0 Å². The fraction of sp³-hybridized carbons (Fsp3) is 0.286. The Morgan fingerprint density at radius 1 is 1.17 bits per heavy atom. The molecule has 2 aromatic carbocycles. The molecule has 0 aromatic heterocycles. The van der Waals surface area contributed by atoms with Gasteiger partial charge in [0.05, 0.1) is 7.11 Å². The van der Waals surface area contributed by atoms with Crippen LogP contribution in [0.4, 0.5) is 0 Å². The zero-order chi connectivity index (χ0) is 22.5. The molecule has 0 atom stereocenters. The van der Waals surface area contributed by atoms with E-state index < -0.39 is 15.4 Å². The van der Waals surface area contributed by atoms with E-state index in [4.69, 9.17) is 27.9 Å². The first kappa shape index (κ1) is 24.2. The summed E-state index contributed by atoms with van der Waals surface area (Å²) in [6.07, 6.45) is 2.86. The third-order valence-electron chi connectivity index (χ3n) is 4.52. The van der Waals surface area contributed by atoms with Gasteiger partial charge in [0.2, 0.25) is 15.9 Å². The summed E-state index contributed by atoms with van der Waals surface area (Å²) in [5, 5.41) is 3.90. The Morgan fingerprint density at radius 2 is 1.80 bits per heavy atom. The van der Waals surface area contributed by atoms with Crippen molar-refractivity contribution in [1.82, 2.24) is 10.0 Å². The Hall–Kier alpha value is -2.06. The molecule has 0 aliphatic carbocycles. The molecular weight excluding hydrogens is 447 g/mol. The standard InChI is InChI=1S/C21H24Cl2N2O4S/c1-21(2,20-15(22)6-5-7-16(20)23)13-25-19(26)11-9-14-8-10-17(29-4)18(12-14)30(27,28)24-3/h5-12,24H,13H2,1-4H3,(H,25,26)/b11-9+. The molecule has 2 N–H and O–H groups in total. The lowest BCUT2D eigenvalue weighted by molar-refractivity contribution is -0.116. The molecule has 1 amide bonds. The van der Waals surface area contributed by atoms with E-state index in [-0.39, 0.29) is 16.6 Å². The second kappa shape index (κ2) is 9.83. The Morgan fingerprint density at radius 3 is 2.37 bits per heavy atom. The Bertz CT molecular complexity index is 1050. The zero-order valence-corrected chi connectivity index (χ0v) is 19.5. The predicted molar refractivity (Wildman–Crippen MR) is 121 cm³/mol. The van der Waals surface area contributed by atoms with E-state index in [0.717, 1.165) is 5.56 Å². The number of amides is 1. The maximum absolute atomic E-state index is 12.3. The van der Waals surface area contributed by atoms with Gasteiger partial charge in [-0.05, 0) is 48.5 Å². The van der Waals surface area contributed by atoms with Crippen molar-refractivity contribution in [3.8, 4) is 5.75 Å². The zero-order valence-electron chi connectivity index (χ0n) is 17.1. The molecule has 6 nitrogen and oxygen atoms in total. The smallest absolute Gasteiger partial charge is 0.244 e. The van der Waals surface area contributed by atoms with Gasteiger partial charge in [0.15, 0.2) is 0 Å². The molecule has 2 aromatic rings. The van der Waals surface area contributed by atoms with Crippen LogP contribution in [0.15, 0.2) is 47.4 Å². The van der Waals surface area contributed by atoms with E-state index >= 15 is 0 Å². The number of hydrogen-bond donors (Lipinski definition) is 2. The molecule has 0 bridgehead atoms. The molecule has 0 aliphatic heterocycles. The number of halogens is 2. The highest BCUT2D eigenvalue weighted by atomic mass is 35.5. The number of carbonyl (C=O) groups excluding carboxylic acids is 1. The average Bonchev–Trinajstić information content (AvgIpc) is 2.70.